The summed E-state index contributed by atoms with van der Waals surface area (Å²) >= 11 is 1.54. The van der Waals surface area contributed by atoms with Gasteiger partial charge in [-0.15, -0.1) is 11.3 Å². The lowest BCUT2D eigenvalue weighted by molar-refractivity contribution is -0.141. The number of benzene rings is 1. The number of fused-ring (bicyclic) bond motifs is 1. The largest absolute Gasteiger partial charge is 0.467 e. The minimum absolute atomic E-state index is 0.0248. The van der Waals surface area contributed by atoms with Crippen LogP contribution in [0.3, 0.4) is 0 Å². The molecule has 7 atom stereocenters. The number of hydrogen-bond donors (Lipinski definition) is 2. The number of aromatic nitrogens is 3. The molecule has 74 heavy (non-hydrogen) atoms. The summed E-state index contributed by atoms with van der Waals surface area (Å²) in [5, 5.41) is 9.11. The number of ether oxygens (including phenoxy) is 2. The van der Waals surface area contributed by atoms with Crippen molar-refractivity contribution in [1.29, 1.82) is 0 Å². The second-order valence-corrected chi connectivity index (χ2v) is 24.1. The number of methoxy groups -OCH3 is 1. The highest BCUT2D eigenvalue weighted by atomic mass is 32.1. The number of carbonyl (C=O) groups is 3. The second-order valence-electron chi connectivity index (χ2n) is 23.1. The lowest BCUT2D eigenvalue weighted by atomic mass is 9.77. The molecule has 4 aromatic rings. The first-order valence-corrected chi connectivity index (χ1v) is 29.2. The summed E-state index contributed by atoms with van der Waals surface area (Å²) in [5.74, 6) is 3.24. The Morgan fingerprint density at radius 1 is 1.03 bits per heavy atom. The van der Waals surface area contributed by atoms with Gasteiger partial charge in [-0.1, -0.05) is 66.5 Å². The van der Waals surface area contributed by atoms with Gasteiger partial charge in [-0.05, 0) is 144 Å². The molecular weight excluding hydrogens is 945 g/mol. The van der Waals surface area contributed by atoms with E-state index < -0.39 is 6.04 Å². The molecule has 2 amide bonds. The van der Waals surface area contributed by atoms with Crippen molar-refractivity contribution in [2.75, 3.05) is 53.0 Å². The summed E-state index contributed by atoms with van der Waals surface area (Å²) < 4.78 is 13.6. The van der Waals surface area contributed by atoms with Gasteiger partial charge in [-0.2, -0.15) is 0 Å². The van der Waals surface area contributed by atoms with Crippen LogP contribution in [0.4, 0.5) is 0 Å². The van der Waals surface area contributed by atoms with Gasteiger partial charge in [-0.25, -0.2) is 10.4 Å². The van der Waals surface area contributed by atoms with Crippen molar-refractivity contribution in [3.63, 3.8) is 0 Å². The number of allylic oxidation sites excluding steroid dienone is 1. The maximum atomic E-state index is 15.1. The Morgan fingerprint density at radius 2 is 1.81 bits per heavy atom. The molecule has 5 heterocycles. The number of carbonyl (C=O) groups excluding carboxylic acids is 3. The number of likely N-dealkylation sites (tertiary alicyclic amines) is 1. The Hall–Kier alpha value is -4.63. The fourth-order valence-electron chi connectivity index (χ4n) is 13.1. The van der Waals surface area contributed by atoms with Crippen molar-refractivity contribution < 1.29 is 23.9 Å². The monoisotopic (exact) mass is 1030 g/mol. The van der Waals surface area contributed by atoms with Crippen molar-refractivity contribution in [2.24, 2.45) is 40.9 Å². The zero-order valence-corrected chi connectivity index (χ0v) is 47.1. The van der Waals surface area contributed by atoms with Crippen LogP contribution in [-0.4, -0.2) is 113 Å². The first-order valence-electron chi connectivity index (χ1n) is 28.4. The maximum Gasteiger partial charge on any atom is 0.293 e. The smallest absolute Gasteiger partial charge is 0.293 e. The van der Waals surface area contributed by atoms with Gasteiger partial charge in [0.05, 0.1) is 40.8 Å². The first kappa shape index (κ1) is 55.6. The van der Waals surface area contributed by atoms with Gasteiger partial charge in [0.15, 0.2) is 0 Å². The number of nitrogens with one attached hydrogen (secondary N) is 2. The summed E-state index contributed by atoms with van der Waals surface area (Å²) in [4.78, 5) is 56.2. The highest BCUT2D eigenvalue weighted by molar-refractivity contribution is 7.10. The number of rotatable bonds is 26. The van der Waals surface area contributed by atoms with Crippen LogP contribution in [0.2, 0.25) is 0 Å². The predicted molar refractivity (Wildman–Crippen MR) is 298 cm³/mol. The van der Waals surface area contributed by atoms with E-state index in [1.165, 1.54) is 36.3 Å². The molecule has 3 aromatic heterocycles. The number of hydrazine groups is 1. The van der Waals surface area contributed by atoms with Gasteiger partial charge in [0.1, 0.15) is 6.04 Å². The standard InChI is InChI=1S/C60H88N8O5S/c1-11-39(4)54(44-22-23-44)40(5)41(6)65(12-2)34-43-26-30-66(35-43)56(45-19-14-15-20-45)58(70)64-50(59(71)68-29-17-16-28-62-68)32-53-63-51(36-74-53)46-24-25-52-48(31-46)49(33-60(8,9)37-73-38-69)57(67(52)13-3)47-21-18-27-61-55(47)42(7)72-10/h18,21,24-25,27,31,36,38-40,42-45,50,54,56,62H,6,11-17,19-20,22-23,26,28-30,32-35,37H2,1-5,7-10H3,(H,64,70). The Kier molecular flexibility index (Phi) is 18.8. The summed E-state index contributed by atoms with van der Waals surface area (Å²) in [6, 6.07) is 9.60. The van der Waals surface area contributed by atoms with Gasteiger partial charge in [0.25, 0.3) is 12.4 Å². The number of amides is 2. The van der Waals surface area contributed by atoms with Crippen LogP contribution in [0.5, 0.6) is 0 Å². The molecule has 404 valence electrons. The normalized spacial score (nSPS) is 20.3. The third kappa shape index (κ3) is 12.6. The molecule has 4 aliphatic rings. The van der Waals surface area contributed by atoms with Gasteiger partial charge < -0.3 is 24.3 Å². The summed E-state index contributed by atoms with van der Waals surface area (Å²) in [6.45, 7) is 29.2. The molecule has 1 aromatic carbocycles. The Labute approximate surface area is 446 Å². The Morgan fingerprint density at radius 3 is 2.49 bits per heavy atom. The van der Waals surface area contributed by atoms with E-state index in [1.54, 1.807) is 12.1 Å². The van der Waals surface area contributed by atoms with E-state index in [0.29, 0.717) is 49.5 Å². The van der Waals surface area contributed by atoms with E-state index in [4.69, 9.17) is 26.0 Å². The van der Waals surface area contributed by atoms with E-state index >= 15 is 4.79 Å². The van der Waals surface area contributed by atoms with Crippen LogP contribution >= 0.6 is 11.3 Å². The third-order valence-electron chi connectivity index (χ3n) is 17.4. The molecule has 2 saturated carbocycles. The van der Waals surface area contributed by atoms with E-state index in [1.807, 2.05) is 19.2 Å². The van der Waals surface area contributed by atoms with Crippen molar-refractivity contribution in [3.05, 3.63) is 70.4 Å². The molecule has 2 N–H and O–H groups in total. The van der Waals surface area contributed by atoms with Crippen molar-refractivity contribution in [1.82, 2.24) is 40.1 Å². The lowest BCUT2D eigenvalue weighted by Crippen LogP contribution is -2.59. The molecule has 2 saturated heterocycles. The van der Waals surface area contributed by atoms with Gasteiger partial charge >= 0.3 is 0 Å². The van der Waals surface area contributed by atoms with Crippen LogP contribution in [0.15, 0.2) is 54.2 Å². The van der Waals surface area contributed by atoms with Crippen LogP contribution in [-0.2, 0) is 43.2 Å². The van der Waals surface area contributed by atoms with E-state index in [0.717, 1.165) is 140 Å². The average molecular weight is 1030 g/mol. The van der Waals surface area contributed by atoms with E-state index in [9.17, 15) is 9.59 Å². The second kappa shape index (κ2) is 25.0. The molecule has 0 spiro atoms. The Balaban J connectivity index is 1.05. The summed E-state index contributed by atoms with van der Waals surface area (Å²) in [6.07, 6.45) is 13.7. The van der Waals surface area contributed by atoms with Gasteiger partial charge in [-0.3, -0.25) is 29.3 Å². The molecule has 4 fully saturated rings. The molecule has 7 unspecified atom stereocenters. The summed E-state index contributed by atoms with van der Waals surface area (Å²) in [5.41, 5.74) is 11.2. The third-order valence-corrected chi connectivity index (χ3v) is 18.3. The van der Waals surface area contributed by atoms with E-state index in [2.05, 4.69) is 103 Å². The van der Waals surface area contributed by atoms with Crippen molar-refractivity contribution >= 4 is 40.5 Å². The molecular formula is C60H88N8O5S. The molecule has 13 nitrogen and oxygen atoms in total. The zero-order valence-electron chi connectivity index (χ0n) is 46.3. The number of thiazole rings is 1. The van der Waals surface area contributed by atoms with Crippen LogP contribution in [0.25, 0.3) is 33.4 Å². The number of hydrogen-bond acceptors (Lipinski definition) is 11. The highest BCUT2D eigenvalue weighted by Gasteiger charge is 2.43. The minimum Gasteiger partial charge on any atom is -0.467 e. The lowest BCUT2D eigenvalue weighted by Gasteiger charge is -2.38. The first-order chi connectivity index (χ1) is 35.7. The minimum atomic E-state index is -0.770. The number of pyridine rings is 1. The molecule has 14 heteroatoms. The Bertz CT molecular complexity index is 2540. The van der Waals surface area contributed by atoms with Crippen molar-refractivity contribution in [2.45, 2.75) is 157 Å². The van der Waals surface area contributed by atoms with Crippen LogP contribution in [0, 0.1) is 40.9 Å². The highest BCUT2D eigenvalue weighted by Crippen LogP contribution is 2.48. The SMILES string of the molecule is C=C(C(C)C(C(C)CC)C1CC1)N(CC)CC1CCN(C(C(=O)NC(Cc2nc(-c3ccc4c(c3)c(CC(C)(C)COC=O)c(-c3cccnc3C(C)OC)n4CC)cs2)C(=O)N2CCCCN2)C2CCCC2)C1. The molecule has 0 bridgehead atoms. The maximum absolute atomic E-state index is 15.1. The predicted octanol–water partition coefficient (Wildman–Crippen LogP) is 10.9. The molecule has 2 aliphatic carbocycles. The molecule has 8 rings (SSSR count). The number of nitrogens with zero attached hydrogens (tertiary/aromatic N) is 6. The van der Waals surface area contributed by atoms with Crippen LogP contribution in [0.1, 0.15) is 142 Å². The topological polar surface area (TPSA) is 134 Å². The van der Waals surface area contributed by atoms with Crippen LogP contribution < -0.4 is 10.7 Å². The average Bonchev–Trinajstić information content (AvgIpc) is 3.76. The molecule has 0 radical (unpaired) electrons. The zero-order chi connectivity index (χ0) is 52.7. The summed E-state index contributed by atoms with van der Waals surface area (Å²) in [7, 11) is 1.71. The molecule has 2 aliphatic heterocycles. The van der Waals surface area contributed by atoms with Crippen molar-refractivity contribution in [3.8, 4) is 22.5 Å². The quantitative estimate of drug-likeness (QED) is 0.0586. The fraction of sp³-hybridized carbons (Fsp3) is 0.650. The fourth-order valence-corrected chi connectivity index (χ4v) is 13.9. The van der Waals surface area contributed by atoms with Gasteiger partial charge in [0, 0.05) is 97.5 Å². The number of aryl methyl sites for hydroxylation is 1. The van der Waals surface area contributed by atoms with E-state index in [-0.39, 0.29) is 41.9 Å². The van der Waals surface area contributed by atoms with Gasteiger partial charge in [0.2, 0.25) is 5.91 Å².